The minimum atomic E-state index is -3.41. The van der Waals surface area contributed by atoms with Gasteiger partial charge in [0.05, 0.1) is 38.6 Å². The average Bonchev–Trinajstić information content (AvgIpc) is 3.14. The molecule has 0 amide bonds. The molecule has 0 spiro atoms. The largest absolute Gasteiger partial charge is 0.354 e. The summed E-state index contributed by atoms with van der Waals surface area (Å²) in [7, 11) is -3.41. The number of pyridine rings is 1. The number of nitriles is 1. The van der Waals surface area contributed by atoms with Crippen molar-refractivity contribution in [3.05, 3.63) is 54.4 Å². The highest BCUT2D eigenvalue weighted by Gasteiger charge is 2.20. The van der Waals surface area contributed by atoms with Crippen molar-refractivity contribution >= 4 is 43.0 Å². The van der Waals surface area contributed by atoms with Gasteiger partial charge in [0.15, 0.2) is 9.84 Å². The molecular weight excluding hydrogens is 374 g/mol. The first-order chi connectivity index (χ1) is 13.4. The maximum atomic E-state index is 12.6. The lowest BCUT2D eigenvalue weighted by molar-refractivity contribution is 0.587. The van der Waals surface area contributed by atoms with Gasteiger partial charge in [-0.2, -0.15) is 10.4 Å². The molecule has 2 N–H and O–H groups in total. The van der Waals surface area contributed by atoms with Gasteiger partial charge in [-0.15, -0.1) is 0 Å². The van der Waals surface area contributed by atoms with Gasteiger partial charge < -0.3 is 5.32 Å². The number of aromatic nitrogens is 3. The van der Waals surface area contributed by atoms with E-state index in [0.717, 1.165) is 10.9 Å². The molecule has 0 bridgehead atoms. The highest BCUT2D eigenvalue weighted by molar-refractivity contribution is 7.92. The highest BCUT2D eigenvalue weighted by Crippen LogP contribution is 2.31. The van der Waals surface area contributed by atoms with Gasteiger partial charge in [0.25, 0.3) is 0 Å². The van der Waals surface area contributed by atoms with Crippen LogP contribution in [0.5, 0.6) is 0 Å². The van der Waals surface area contributed by atoms with Crippen LogP contribution in [0.3, 0.4) is 0 Å². The van der Waals surface area contributed by atoms with E-state index in [9.17, 15) is 13.7 Å². The van der Waals surface area contributed by atoms with Gasteiger partial charge in [-0.3, -0.25) is 10.1 Å². The molecule has 4 aromatic rings. The zero-order valence-corrected chi connectivity index (χ0v) is 16.1. The second kappa shape index (κ2) is 6.62. The predicted octanol–water partition coefficient (Wildman–Crippen LogP) is 3.91. The van der Waals surface area contributed by atoms with Crippen LogP contribution in [0.15, 0.2) is 53.7 Å². The van der Waals surface area contributed by atoms with E-state index in [1.807, 2.05) is 6.07 Å². The number of H-pyrrole nitrogens is 1. The van der Waals surface area contributed by atoms with E-state index < -0.39 is 15.1 Å². The quantitative estimate of drug-likeness (QED) is 0.545. The monoisotopic (exact) mass is 391 g/mol. The summed E-state index contributed by atoms with van der Waals surface area (Å²) in [5.41, 5.74) is 3.19. The molecule has 2 heterocycles. The van der Waals surface area contributed by atoms with Crippen LogP contribution in [-0.4, -0.2) is 28.8 Å². The number of hydrogen-bond donors (Lipinski definition) is 2. The van der Waals surface area contributed by atoms with Crippen LogP contribution in [0, 0.1) is 11.3 Å². The Bertz CT molecular complexity index is 1350. The van der Waals surface area contributed by atoms with Gasteiger partial charge >= 0.3 is 0 Å². The fourth-order valence-corrected chi connectivity index (χ4v) is 4.10. The zero-order chi connectivity index (χ0) is 19.9. The summed E-state index contributed by atoms with van der Waals surface area (Å²) in [5, 5.41) is 20.6. The van der Waals surface area contributed by atoms with Crippen LogP contribution < -0.4 is 5.32 Å². The number of aromatic amines is 1. The molecule has 0 unspecified atom stereocenters. The summed E-state index contributed by atoms with van der Waals surface area (Å²) < 4.78 is 25.1. The van der Waals surface area contributed by atoms with Gasteiger partial charge in [-0.25, -0.2) is 8.42 Å². The van der Waals surface area contributed by atoms with Crippen LogP contribution in [0.1, 0.15) is 19.4 Å². The normalized spacial score (nSPS) is 11.8. The van der Waals surface area contributed by atoms with Crippen LogP contribution in [0.2, 0.25) is 0 Å². The molecule has 0 saturated carbocycles. The summed E-state index contributed by atoms with van der Waals surface area (Å²) in [6, 6.07) is 12.4. The van der Waals surface area contributed by atoms with E-state index in [2.05, 4.69) is 26.6 Å². The second-order valence-corrected chi connectivity index (χ2v) is 9.23. The minimum Gasteiger partial charge on any atom is -0.354 e. The molecule has 2 aromatic carbocycles. The van der Waals surface area contributed by atoms with Crippen molar-refractivity contribution in [2.24, 2.45) is 0 Å². The molecule has 4 rings (SSSR count). The standard InChI is InChI=1S/C20H17N5O2S/c1-12(2)28(26,27)15-3-4-17-16(8-15)18(5-6-22-17)24-19-9-20-14(11-23-25-20)7-13(19)10-21/h3-9,11-12H,1-2H3,(H,22,24)(H,23,25). The first kappa shape index (κ1) is 17.9. The van der Waals surface area contributed by atoms with Crippen LogP contribution >= 0.6 is 0 Å². The highest BCUT2D eigenvalue weighted by atomic mass is 32.2. The summed E-state index contributed by atoms with van der Waals surface area (Å²) in [5.74, 6) is 0. The van der Waals surface area contributed by atoms with E-state index in [1.165, 1.54) is 0 Å². The Balaban J connectivity index is 1.87. The van der Waals surface area contributed by atoms with E-state index >= 15 is 0 Å². The van der Waals surface area contributed by atoms with Crippen molar-refractivity contribution in [3.63, 3.8) is 0 Å². The third-order valence-corrected chi connectivity index (χ3v) is 6.78. The summed E-state index contributed by atoms with van der Waals surface area (Å²) in [6.07, 6.45) is 3.30. The minimum absolute atomic E-state index is 0.246. The van der Waals surface area contributed by atoms with Crippen molar-refractivity contribution in [2.75, 3.05) is 5.32 Å². The van der Waals surface area contributed by atoms with Crippen LogP contribution in [-0.2, 0) is 9.84 Å². The number of nitrogens with zero attached hydrogens (tertiary/aromatic N) is 3. The molecule has 0 fully saturated rings. The van der Waals surface area contributed by atoms with Gasteiger partial charge in [-0.05, 0) is 50.2 Å². The third-order valence-electron chi connectivity index (χ3n) is 4.63. The Morgan fingerprint density at radius 3 is 2.71 bits per heavy atom. The number of anilines is 2. The number of fused-ring (bicyclic) bond motifs is 2. The smallest absolute Gasteiger partial charge is 0.180 e. The van der Waals surface area contributed by atoms with Crippen molar-refractivity contribution in [3.8, 4) is 6.07 Å². The second-order valence-electron chi connectivity index (χ2n) is 6.72. The van der Waals surface area contributed by atoms with Crippen molar-refractivity contribution in [1.29, 1.82) is 5.26 Å². The zero-order valence-electron chi connectivity index (χ0n) is 15.3. The van der Waals surface area contributed by atoms with Gasteiger partial charge in [0.2, 0.25) is 0 Å². The topological polar surface area (TPSA) is 112 Å². The number of hydrogen-bond acceptors (Lipinski definition) is 6. The number of sulfone groups is 1. The van der Waals surface area contributed by atoms with Crippen molar-refractivity contribution in [1.82, 2.24) is 15.2 Å². The van der Waals surface area contributed by atoms with Crippen LogP contribution in [0.25, 0.3) is 21.8 Å². The lowest BCUT2D eigenvalue weighted by atomic mass is 10.1. The van der Waals surface area contributed by atoms with Gasteiger partial charge in [0, 0.05) is 22.7 Å². The lowest BCUT2D eigenvalue weighted by Gasteiger charge is -2.13. The Kier molecular flexibility index (Phi) is 4.24. The van der Waals surface area contributed by atoms with Gasteiger partial charge in [0.1, 0.15) is 6.07 Å². The van der Waals surface area contributed by atoms with Crippen molar-refractivity contribution in [2.45, 2.75) is 24.0 Å². The molecule has 140 valence electrons. The first-order valence-electron chi connectivity index (χ1n) is 8.67. The molecule has 0 aliphatic heterocycles. The average molecular weight is 391 g/mol. The van der Waals surface area contributed by atoms with Crippen molar-refractivity contribution < 1.29 is 8.42 Å². The van der Waals surface area contributed by atoms with E-state index in [-0.39, 0.29) is 4.90 Å². The maximum absolute atomic E-state index is 12.6. The molecule has 0 atom stereocenters. The molecule has 0 saturated heterocycles. The fourth-order valence-electron chi connectivity index (χ4n) is 3.02. The molecule has 7 nitrogen and oxygen atoms in total. The summed E-state index contributed by atoms with van der Waals surface area (Å²) >= 11 is 0. The summed E-state index contributed by atoms with van der Waals surface area (Å²) in [4.78, 5) is 4.57. The SMILES string of the molecule is CC(C)S(=O)(=O)c1ccc2nccc(Nc3cc4[nH]ncc4cc3C#N)c2c1. The molecule has 28 heavy (non-hydrogen) atoms. The van der Waals surface area contributed by atoms with E-state index in [1.54, 1.807) is 56.6 Å². The third kappa shape index (κ3) is 2.96. The van der Waals surface area contributed by atoms with Crippen LogP contribution in [0.4, 0.5) is 11.4 Å². The molecule has 2 aromatic heterocycles. The lowest BCUT2D eigenvalue weighted by Crippen LogP contribution is -2.13. The van der Waals surface area contributed by atoms with Gasteiger partial charge in [-0.1, -0.05) is 0 Å². The molecule has 0 aliphatic carbocycles. The molecular formula is C20H17N5O2S. The molecule has 0 radical (unpaired) electrons. The predicted molar refractivity (Wildman–Crippen MR) is 108 cm³/mol. The Hall–Kier alpha value is -3.44. The Morgan fingerprint density at radius 2 is 1.96 bits per heavy atom. The summed E-state index contributed by atoms with van der Waals surface area (Å²) in [6.45, 7) is 3.31. The first-order valence-corrected chi connectivity index (χ1v) is 10.2. The molecule has 8 heteroatoms. The number of rotatable bonds is 4. The Morgan fingerprint density at radius 1 is 1.14 bits per heavy atom. The van der Waals surface area contributed by atoms with E-state index in [4.69, 9.17) is 0 Å². The van der Waals surface area contributed by atoms with E-state index in [0.29, 0.717) is 27.8 Å². The maximum Gasteiger partial charge on any atom is 0.180 e. The fraction of sp³-hybridized carbons (Fsp3) is 0.150. The number of benzene rings is 2. The number of nitrogens with one attached hydrogen (secondary N) is 2. The molecule has 0 aliphatic rings. The Labute approximate surface area is 161 Å².